The summed E-state index contributed by atoms with van der Waals surface area (Å²) in [6, 6.07) is 15.9. The third-order valence-electron chi connectivity index (χ3n) is 6.91. The summed E-state index contributed by atoms with van der Waals surface area (Å²) in [7, 11) is 1.83. The molecule has 2 heterocycles. The first kappa shape index (κ1) is 22.7. The lowest BCUT2D eigenvalue weighted by Crippen LogP contribution is -2.26. The second-order valence-corrected chi connectivity index (χ2v) is 9.21. The van der Waals surface area contributed by atoms with Crippen LogP contribution in [-0.4, -0.2) is 27.8 Å². The van der Waals surface area contributed by atoms with Crippen LogP contribution in [0.1, 0.15) is 59.2 Å². The van der Waals surface area contributed by atoms with Crippen LogP contribution in [0.2, 0.25) is 0 Å². The first-order chi connectivity index (χ1) is 16.0. The molecule has 33 heavy (non-hydrogen) atoms. The second kappa shape index (κ2) is 10.4. The number of aromatic nitrogens is 2. The Morgan fingerprint density at radius 3 is 2.61 bits per heavy atom. The van der Waals surface area contributed by atoms with Gasteiger partial charge in [0.2, 0.25) is 0 Å². The summed E-state index contributed by atoms with van der Waals surface area (Å²) in [6.45, 7) is 9.89. The van der Waals surface area contributed by atoms with Crippen molar-refractivity contribution in [3.8, 4) is 0 Å². The van der Waals surface area contributed by atoms with Crippen LogP contribution in [0, 0.1) is 18.4 Å². The molecule has 0 spiro atoms. The van der Waals surface area contributed by atoms with Gasteiger partial charge in [-0.3, -0.25) is 9.78 Å². The number of rotatable bonds is 7. The molecule has 1 aliphatic carbocycles. The Labute approximate surface area is 196 Å². The number of pyridine rings is 2. The summed E-state index contributed by atoms with van der Waals surface area (Å²) >= 11 is 0. The van der Waals surface area contributed by atoms with Crippen molar-refractivity contribution < 1.29 is 4.79 Å². The van der Waals surface area contributed by atoms with Gasteiger partial charge in [0.05, 0.1) is 0 Å². The monoisotopic (exact) mass is 438 g/mol. The van der Waals surface area contributed by atoms with Crippen molar-refractivity contribution in [3.63, 3.8) is 0 Å². The van der Waals surface area contributed by atoms with Crippen LogP contribution >= 0.6 is 0 Å². The Hall–Kier alpha value is -3.52. The van der Waals surface area contributed by atoms with E-state index in [0.29, 0.717) is 30.1 Å². The maximum Gasteiger partial charge on any atom is 0.269 e. The van der Waals surface area contributed by atoms with Crippen molar-refractivity contribution in [2.24, 2.45) is 11.8 Å². The fraction of sp³-hybridized carbons (Fsp3) is 0.357. The Balaban J connectivity index is 1.31. The predicted octanol–water partition coefficient (Wildman–Crippen LogP) is 6.06. The largest absolute Gasteiger partial charge is 0.361 e. The van der Waals surface area contributed by atoms with Crippen LogP contribution in [0.3, 0.4) is 0 Å². The lowest BCUT2D eigenvalue weighted by Gasteiger charge is -2.19. The third-order valence-corrected chi connectivity index (χ3v) is 6.91. The van der Waals surface area contributed by atoms with Gasteiger partial charge in [-0.15, -0.1) is 4.98 Å². The van der Waals surface area contributed by atoms with Crippen LogP contribution < -0.4 is 0 Å². The number of hydrogen-bond donors (Lipinski definition) is 0. The highest BCUT2D eigenvalue weighted by Crippen LogP contribution is 2.41. The van der Waals surface area contributed by atoms with E-state index in [0.717, 1.165) is 17.5 Å². The Bertz CT molecular complexity index is 1100. The van der Waals surface area contributed by atoms with Crippen molar-refractivity contribution >= 4 is 11.7 Å². The minimum absolute atomic E-state index is 0.0259. The van der Waals surface area contributed by atoms with Crippen molar-refractivity contribution in [2.75, 3.05) is 7.05 Å². The van der Waals surface area contributed by atoms with Crippen molar-refractivity contribution in [1.29, 1.82) is 0 Å². The van der Waals surface area contributed by atoms with Gasteiger partial charge in [-0.25, -0.2) is 0 Å². The summed E-state index contributed by atoms with van der Waals surface area (Å²) in [6.07, 6.45) is 10.1. The predicted molar refractivity (Wildman–Crippen MR) is 130 cm³/mol. The van der Waals surface area contributed by atoms with E-state index in [4.69, 9.17) is 6.57 Å². The number of carbonyl (C=O) groups excluding carboxylic acids is 1. The topological polar surface area (TPSA) is 50.5 Å². The fourth-order valence-electron chi connectivity index (χ4n) is 4.93. The Morgan fingerprint density at radius 2 is 1.94 bits per heavy atom. The first-order valence-electron chi connectivity index (χ1n) is 11.6. The number of carbonyl (C=O) groups is 1. The quantitative estimate of drug-likeness (QED) is 0.421. The van der Waals surface area contributed by atoms with Crippen molar-refractivity contribution in [1.82, 2.24) is 14.9 Å². The molecule has 3 aromatic rings. The van der Waals surface area contributed by atoms with Gasteiger partial charge in [0, 0.05) is 31.5 Å². The van der Waals surface area contributed by atoms with Crippen LogP contribution in [-0.2, 0) is 13.0 Å². The van der Waals surface area contributed by atoms with Crippen molar-refractivity contribution in [3.05, 3.63) is 101 Å². The molecule has 3 atom stereocenters. The zero-order chi connectivity index (χ0) is 23.2. The highest BCUT2D eigenvalue weighted by Gasteiger charge is 2.30. The number of benzene rings is 1. The SMILES string of the molecule is [C-]#[N+]c1ccc([C@@H](C)[C@H]2CCC(Cc3ccc(C(=O)N(C)Cc4cccnc4)cc3)C2)cn1. The normalized spacial score (nSPS) is 18.5. The van der Waals surface area contributed by atoms with E-state index in [9.17, 15) is 4.79 Å². The second-order valence-electron chi connectivity index (χ2n) is 9.21. The molecule has 2 aromatic heterocycles. The minimum atomic E-state index is 0.0259. The van der Waals surface area contributed by atoms with Gasteiger partial charge in [-0.2, -0.15) is 0 Å². The number of hydrogen-bond acceptors (Lipinski definition) is 3. The van der Waals surface area contributed by atoms with E-state index < -0.39 is 0 Å². The Morgan fingerprint density at radius 1 is 1.12 bits per heavy atom. The maximum atomic E-state index is 12.8. The van der Waals surface area contributed by atoms with Gasteiger partial charge < -0.3 is 9.74 Å². The molecule has 1 unspecified atom stereocenters. The number of amides is 1. The van der Waals surface area contributed by atoms with Crippen LogP contribution in [0.5, 0.6) is 0 Å². The molecule has 0 aliphatic heterocycles. The van der Waals surface area contributed by atoms with E-state index in [1.54, 1.807) is 17.3 Å². The van der Waals surface area contributed by atoms with Gasteiger partial charge in [0.1, 0.15) is 6.20 Å². The Kier molecular flexibility index (Phi) is 7.14. The lowest BCUT2D eigenvalue weighted by molar-refractivity contribution is 0.0785. The molecule has 5 nitrogen and oxygen atoms in total. The van der Waals surface area contributed by atoms with Crippen LogP contribution in [0.15, 0.2) is 67.1 Å². The average Bonchev–Trinajstić information content (AvgIpc) is 3.32. The highest BCUT2D eigenvalue weighted by atomic mass is 16.2. The molecule has 5 heteroatoms. The molecular formula is C28H30N4O. The molecule has 1 fully saturated rings. The lowest BCUT2D eigenvalue weighted by atomic mass is 9.86. The zero-order valence-corrected chi connectivity index (χ0v) is 19.3. The average molecular weight is 439 g/mol. The molecule has 0 bridgehead atoms. The first-order valence-corrected chi connectivity index (χ1v) is 11.6. The molecule has 1 aromatic carbocycles. The molecule has 0 N–H and O–H groups in total. The van der Waals surface area contributed by atoms with Crippen LogP contribution in [0.4, 0.5) is 5.82 Å². The van der Waals surface area contributed by atoms with Gasteiger partial charge in [0.25, 0.3) is 11.7 Å². The van der Waals surface area contributed by atoms with E-state index in [1.807, 2.05) is 43.6 Å². The van der Waals surface area contributed by atoms with E-state index in [2.05, 4.69) is 39.9 Å². The third kappa shape index (κ3) is 5.64. The molecule has 1 aliphatic rings. The van der Waals surface area contributed by atoms with Gasteiger partial charge in [0.15, 0.2) is 0 Å². The molecule has 1 amide bonds. The molecule has 1 saturated carbocycles. The summed E-state index contributed by atoms with van der Waals surface area (Å²) in [5, 5.41) is 0. The summed E-state index contributed by atoms with van der Waals surface area (Å²) in [5.41, 5.74) is 4.26. The van der Waals surface area contributed by atoms with Gasteiger partial charge >= 0.3 is 0 Å². The molecular weight excluding hydrogens is 408 g/mol. The molecule has 0 saturated heterocycles. The molecule has 0 radical (unpaired) electrons. The molecule has 168 valence electrons. The van der Waals surface area contributed by atoms with Crippen molar-refractivity contribution in [2.45, 2.75) is 45.1 Å². The standard InChI is InChI=1S/C28H30N4O/c1-20(26-12-13-27(29-2)31-18-26)25-11-8-22(16-25)15-21-6-9-24(10-7-21)28(33)32(3)19-23-5-4-14-30-17-23/h4-7,9-10,12-14,17-18,20,22,25H,8,11,15-16,19H2,1,3H3/t20-,22?,25-/m0/s1. The van der Waals surface area contributed by atoms with E-state index in [1.165, 1.54) is 30.4 Å². The van der Waals surface area contributed by atoms with Crippen LogP contribution in [0.25, 0.3) is 4.85 Å². The van der Waals surface area contributed by atoms with E-state index in [-0.39, 0.29) is 5.91 Å². The fourth-order valence-corrected chi connectivity index (χ4v) is 4.93. The maximum absolute atomic E-state index is 12.8. The summed E-state index contributed by atoms with van der Waals surface area (Å²) < 4.78 is 0. The minimum Gasteiger partial charge on any atom is -0.361 e. The zero-order valence-electron chi connectivity index (χ0n) is 19.3. The number of nitrogens with zero attached hydrogens (tertiary/aromatic N) is 4. The summed E-state index contributed by atoms with van der Waals surface area (Å²) in [4.78, 5) is 26.3. The molecule has 4 rings (SSSR count). The van der Waals surface area contributed by atoms with Gasteiger partial charge in [-0.1, -0.05) is 37.8 Å². The van der Waals surface area contributed by atoms with Gasteiger partial charge in [-0.05, 0) is 84.4 Å². The smallest absolute Gasteiger partial charge is 0.269 e. The summed E-state index contributed by atoms with van der Waals surface area (Å²) in [5.74, 6) is 2.26. The highest BCUT2D eigenvalue weighted by molar-refractivity contribution is 5.94. The van der Waals surface area contributed by atoms with E-state index >= 15 is 0 Å².